The Morgan fingerprint density at radius 2 is 1.47 bits per heavy atom. The first-order valence-corrected chi connectivity index (χ1v) is 12.4. The van der Waals surface area contributed by atoms with E-state index in [-0.39, 0.29) is 16.8 Å². The van der Waals surface area contributed by atoms with Gasteiger partial charge in [-0.2, -0.15) is 0 Å². The number of benzene rings is 2. The summed E-state index contributed by atoms with van der Waals surface area (Å²) >= 11 is 0. The molecule has 7 heteroatoms. The Morgan fingerprint density at radius 3 is 2.03 bits per heavy atom. The summed E-state index contributed by atoms with van der Waals surface area (Å²) in [6.07, 6.45) is 2.54. The minimum Gasteiger partial charge on any atom is -0.469 e. The minimum atomic E-state index is -3.77. The van der Waals surface area contributed by atoms with Gasteiger partial charge in [0.05, 0.1) is 23.2 Å². The number of rotatable bonds is 12. The molecule has 0 aliphatic rings. The summed E-state index contributed by atoms with van der Waals surface area (Å²) < 4.78 is 37.3. The summed E-state index contributed by atoms with van der Waals surface area (Å²) in [6.45, 7) is 3.62. The normalized spacial score (nSPS) is 13.4. The smallest absolute Gasteiger partial charge is 0.315 e. The molecule has 0 saturated heterocycles. The van der Waals surface area contributed by atoms with Crippen molar-refractivity contribution in [3.8, 4) is 5.75 Å². The predicted octanol–water partition coefficient (Wildman–Crippen LogP) is 4.83. The number of ether oxygens (including phenoxy) is 2. The van der Waals surface area contributed by atoms with Gasteiger partial charge in [-0.25, -0.2) is 8.42 Å². The molecule has 0 aromatic heterocycles. The molecule has 6 nitrogen and oxygen atoms in total. The third-order valence-electron chi connectivity index (χ3n) is 5.37. The highest BCUT2D eigenvalue weighted by molar-refractivity contribution is 7.92. The van der Waals surface area contributed by atoms with Crippen LogP contribution in [0.25, 0.3) is 0 Å². The van der Waals surface area contributed by atoms with E-state index in [0.29, 0.717) is 37.9 Å². The molecule has 174 valence electrons. The summed E-state index contributed by atoms with van der Waals surface area (Å²) in [5.74, 6) is -1.59. The molecular weight excluding hydrogens is 428 g/mol. The number of sulfone groups is 1. The molecule has 2 aromatic carbocycles. The lowest BCUT2D eigenvalue weighted by Crippen LogP contribution is -2.41. The van der Waals surface area contributed by atoms with E-state index in [1.165, 1.54) is 7.11 Å². The van der Waals surface area contributed by atoms with Crippen molar-refractivity contribution < 1.29 is 27.5 Å². The van der Waals surface area contributed by atoms with Gasteiger partial charge in [0.15, 0.2) is 9.84 Å². The Balaban J connectivity index is 2.26. The lowest BCUT2D eigenvalue weighted by atomic mass is 9.91. The third-order valence-corrected chi connectivity index (χ3v) is 7.89. The van der Waals surface area contributed by atoms with Gasteiger partial charge in [0.1, 0.15) is 5.75 Å². The third kappa shape index (κ3) is 7.19. The van der Waals surface area contributed by atoms with Crippen LogP contribution >= 0.6 is 0 Å². The van der Waals surface area contributed by atoms with Crippen molar-refractivity contribution in [2.24, 2.45) is 11.8 Å². The zero-order chi connectivity index (χ0) is 23.6. The number of hydrogen-bond donors (Lipinski definition) is 0. The second-order valence-corrected chi connectivity index (χ2v) is 10.2. The van der Waals surface area contributed by atoms with E-state index in [9.17, 15) is 18.0 Å². The Hall–Kier alpha value is -2.67. The van der Waals surface area contributed by atoms with E-state index in [1.54, 1.807) is 54.6 Å². The Labute approximate surface area is 190 Å². The van der Waals surface area contributed by atoms with Gasteiger partial charge < -0.3 is 9.47 Å². The number of para-hydroxylation sites is 1. The summed E-state index contributed by atoms with van der Waals surface area (Å²) in [4.78, 5) is 24.7. The molecule has 0 aliphatic heterocycles. The predicted molar refractivity (Wildman–Crippen MR) is 123 cm³/mol. The number of carbonyl (C=O) groups is 2. The second-order valence-electron chi connectivity index (χ2n) is 8.08. The molecule has 2 rings (SSSR count). The molecule has 32 heavy (non-hydrogen) atoms. The molecule has 0 fully saturated rings. The monoisotopic (exact) mass is 460 g/mol. The molecule has 0 aliphatic carbocycles. The van der Waals surface area contributed by atoms with Crippen molar-refractivity contribution in [2.45, 2.75) is 56.1 Å². The summed E-state index contributed by atoms with van der Waals surface area (Å²) in [5, 5.41) is -0.929. The van der Waals surface area contributed by atoms with Crippen molar-refractivity contribution in [2.75, 3.05) is 7.11 Å². The first-order chi connectivity index (χ1) is 15.3. The summed E-state index contributed by atoms with van der Waals surface area (Å²) in [6, 6.07) is 16.9. The van der Waals surface area contributed by atoms with E-state index in [4.69, 9.17) is 4.74 Å². The molecule has 2 aromatic rings. The van der Waals surface area contributed by atoms with Gasteiger partial charge in [0, 0.05) is 6.42 Å². The van der Waals surface area contributed by atoms with Crippen LogP contribution in [0.15, 0.2) is 65.6 Å². The lowest BCUT2D eigenvalue weighted by molar-refractivity contribution is -0.141. The average molecular weight is 461 g/mol. The molecule has 2 atom stereocenters. The van der Waals surface area contributed by atoms with Crippen LogP contribution in [-0.2, 0) is 24.2 Å². The maximum Gasteiger partial charge on any atom is 0.315 e. The van der Waals surface area contributed by atoms with Crippen LogP contribution < -0.4 is 4.74 Å². The van der Waals surface area contributed by atoms with E-state index < -0.39 is 27.0 Å². The van der Waals surface area contributed by atoms with Gasteiger partial charge in [0.2, 0.25) is 0 Å². The fourth-order valence-electron chi connectivity index (χ4n) is 3.82. The number of unbranched alkanes of at least 4 members (excludes halogenated alkanes) is 2. The minimum absolute atomic E-state index is 0.196. The highest BCUT2D eigenvalue weighted by Gasteiger charge is 2.41. The first-order valence-electron chi connectivity index (χ1n) is 10.9. The molecule has 0 amide bonds. The molecular formula is C25H32O6S. The van der Waals surface area contributed by atoms with Crippen molar-refractivity contribution in [3.63, 3.8) is 0 Å². The molecule has 0 bridgehead atoms. The van der Waals surface area contributed by atoms with E-state index in [1.807, 2.05) is 19.9 Å². The van der Waals surface area contributed by atoms with Gasteiger partial charge in [-0.1, -0.05) is 63.1 Å². The SMILES string of the molecule is COC(=O)CCCCCC(C(=O)Oc1ccccc1)C(C(C)C)S(=O)(=O)c1ccccc1. The van der Waals surface area contributed by atoms with Crippen LogP contribution in [0.1, 0.15) is 46.0 Å². The van der Waals surface area contributed by atoms with E-state index >= 15 is 0 Å². The largest absolute Gasteiger partial charge is 0.469 e. The molecule has 0 saturated carbocycles. The maximum atomic E-state index is 13.5. The van der Waals surface area contributed by atoms with E-state index in [2.05, 4.69) is 4.74 Å². The molecule has 0 spiro atoms. The number of carbonyl (C=O) groups excluding carboxylic acids is 2. The lowest BCUT2D eigenvalue weighted by Gasteiger charge is -2.28. The Morgan fingerprint density at radius 1 is 0.875 bits per heavy atom. The molecule has 0 N–H and O–H groups in total. The maximum absolute atomic E-state index is 13.5. The zero-order valence-electron chi connectivity index (χ0n) is 18.9. The molecule has 2 unspecified atom stereocenters. The van der Waals surface area contributed by atoms with Crippen molar-refractivity contribution in [1.29, 1.82) is 0 Å². The fourth-order valence-corrected chi connectivity index (χ4v) is 6.06. The quantitative estimate of drug-likeness (QED) is 0.256. The standard InChI is InChI=1S/C25H32O6S/c1-19(2)24(32(28,29)21-15-9-5-10-16-21)22(17-11-6-12-18-23(26)30-3)25(27)31-20-13-7-4-8-14-20/h4-5,7-10,13-16,19,22,24H,6,11-12,17-18H2,1-3H3. The Kier molecular flexibility index (Phi) is 9.91. The summed E-state index contributed by atoms with van der Waals surface area (Å²) in [7, 11) is -2.43. The van der Waals surface area contributed by atoms with Gasteiger partial charge in [-0.05, 0) is 43.0 Å². The highest BCUT2D eigenvalue weighted by atomic mass is 32.2. The van der Waals surface area contributed by atoms with Gasteiger partial charge >= 0.3 is 11.9 Å². The van der Waals surface area contributed by atoms with Crippen LogP contribution in [-0.4, -0.2) is 32.7 Å². The number of methoxy groups -OCH3 is 1. The van der Waals surface area contributed by atoms with Gasteiger partial charge in [0.25, 0.3) is 0 Å². The molecule has 0 heterocycles. The fraction of sp³-hybridized carbons (Fsp3) is 0.440. The van der Waals surface area contributed by atoms with E-state index in [0.717, 1.165) is 0 Å². The number of esters is 2. The number of hydrogen-bond acceptors (Lipinski definition) is 6. The molecule has 0 radical (unpaired) electrons. The topological polar surface area (TPSA) is 86.7 Å². The van der Waals surface area contributed by atoms with Crippen molar-refractivity contribution >= 4 is 21.8 Å². The van der Waals surface area contributed by atoms with Crippen LogP contribution in [0.5, 0.6) is 5.75 Å². The van der Waals surface area contributed by atoms with Crippen LogP contribution in [0.4, 0.5) is 0 Å². The highest BCUT2D eigenvalue weighted by Crippen LogP contribution is 2.32. The van der Waals surface area contributed by atoms with Gasteiger partial charge in [-0.3, -0.25) is 9.59 Å². The zero-order valence-corrected chi connectivity index (χ0v) is 19.7. The first kappa shape index (κ1) is 25.6. The van der Waals surface area contributed by atoms with Crippen molar-refractivity contribution in [1.82, 2.24) is 0 Å². The summed E-state index contributed by atoms with van der Waals surface area (Å²) in [5.41, 5.74) is 0. The Bertz CT molecular complexity index is 954. The average Bonchev–Trinajstić information content (AvgIpc) is 2.78. The second kappa shape index (κ2) is 12.4. The van der Waals surface area contributed by atoms with Crippen LogP contribution in [0, 0.1) is 11.8 Å². The van der Waals surface area contributed by atoms with Gasteiger partial charge in [-0.15, -0.1) is 0 Å². The van der Waals surface area contributed by atoms with Crippen LogP contribution in [0.3, 0.4) is 0 Å². The van der Waals surface area contributed by atoms with Crippen LogP contribution in [0.2, 0.25) is 0 Å². The van der Waals surface area contributed by atoms with Crippen molar-refractivity contribution in [3.05, 3.63) is 60.7 Å².